The molecular formula is C10H18N2O. The molecule has 1 atom stereocenters. The molecule has 1 heterocycles. The topological polar surface area (TPSA) is 32.3 Å². The molecule has 1 unspecified atom stereocenters. The Morgan fingerprint density at radius 2 is 2.08 bits per heavy atom. The van der Waals surface area contributed by atoms with E-state index in [-0.39, 0.29) is 5.91 Å². The van der Waals surface area contributed by atoms with Crippen LogP contribution < -0.4 is 5.32 Å². The lowest BCUT2D eigenvalue weighted by molar-refractivity contribution is -0.130. The molecule has 0 bridgehead atoms. The van der Waals surface area contributed by atoms with Crippen molar-refractivity contribution in [1.82, 2.24) is 10.2 Å². The standard InChI is InChI=1S/C10H18N2O/c1-8(13)12-5-3-10(4-6-12)7-9(10)11-2/h9,11H,3-7H2,1-2H3. The van der Waals surface area contributed by atoms with Crippen LogP contribution in [0.1, 0.15) is 26.2 Å². The zero-order valence-electron chi connectivity index (χ0n) is 8.47. The van der Waals surface area contributed by atoms with Gasteiger partial charge in [-0.05, 0) is 31.7 Å². The summed E-state index contributed by atoms with van der Waals surface area (Å²) in [4.78, 5) is 13.1. The van der Waals surface area contributed by atoms with Crippen molar-refractivity contribution in [3.8, 4) is 0 Å². The van der Waals surface area contributed by atoms with Crippen LogP contribution in [0.5, 0.6) is 0 Å². The van der Waals surface area contributed by atoms with E-state index in [4.69, 9.17) is 0 Å². The van der Waals surface area contributed by atoms with Gasteiger partial charge in [-0.15, -0.1) is 0 Å². The highest BCUT2D eigenvalue weighted by atomic mass is 16.2. The Hall–Kier alpha value is -0.570. The van der Waals surface area contributed by atoms with Gasteiger partial charge in [0.25, 0.3) is 0 Å². The van der Waals surface area contributed by atoms with Crippen molar-refractivity contribution in [2.75, 3.05) is 20.1 Å². The summed E-state index contributed by atoms with van der Waals surface area (Å²) in [7, 11) is 2.04. The number of piperidine rings is 1. The number of hydrogen-bond donors (Lipinski definition) is 1. The van der Waals surface area contributed by atoms with Crippen molar-refractivity contribution in [1.29, 1.82) is 0 Å². The molecule has 0 aromatic heterocycles. The molecule has 0 aromatic rings. The van der Waals surface area contributed by atoms with Gasteiger partial charge in [0.1, 0.15) is 0 Å². The summed E-state index contributed by atoms with van der Waals surface area (Å²) < 4.78 is 0. The van der Waals surface area contributed by atoms with E-state index in [2.05, 4.69) is 5.32 Å². The predicted molar refractivity (Wildman–Crippen MR) is 51.4 cm³/mol. The van der Waals surface area contributed by atoms with Crippen LogP contribution in [0.2, 0.25) is 0 Å². The molecule has 1 aliphatic heterocycles. The zero-order valence-corrected chi connectivity index (χ0v) is 8.47. The third-order valence-electron chi connectivity index (χ3n) is 3.74. The smallest absolute Gasteiger partial charge is 0.219 e. The van der Waals surface area contributed by atoms with Gasteiger partial charge < -0.3 is 10.2 Å². The quantitative estimate of drug-likeness (QED) is 0.644. The van der Waals surface area contributed by atoms with Crippen LogP contribution in [0.25, 0.3) is 0 Å². The fraction of sp³-hybridized carbons (Fsp3) is 0.900. The second kappa shape index (κ2) is 2.98. The van der Waals surface area contributed by atoms with Crippen molar-refractivity contribution in [3.63, 3.8) is 0 Å². The Morgan fingerprint density at radius 1 is 1.46 bits per heavy atom. The van der Waals surface area contributed by atoms with E-state index in [1.807, 2.05) is 11.9 Å². The van der Waals surface area contributed by atoms with Gasteiger partial charge in [-0.25, -0.2) is 0 Å². The van der Waals surface area contributed by atoms with Gasteiger partial charge in [0.2, 0.25) is 5.91 Å². The Kier molecular flexibility index (Phi) is 2.06. The number of carbonyl (C=O) groups is 1. The maximum atomic E-state index is 11.1. The minimum atomic E-state index is 0.233. The number of nitrogens with zero attached hydrogens (tertiary/aromatic N) is 1. The maximum absolute atomic E-state index is 11.1. The van der Waals surface area contributed by atoms with Crippen LogP contribution in [-0.4, -0.2) is 37.0 Å². The van der Waals surface area contributed by atoms with E-state index in [0.717, 1.165) is 19.1 Å². The molecule has 3 nitrogen and oxygen atoms in total. The van der Waals surface area contributed by atoms with Crippen LogP contribution in [0, 0.1) is 5.41 Å². The molecule has 1 amide bonds. The molecule has 0 radical (unpaired) electrons. The normalized spacial score (nSPS) is 30.6. The summed E-state index contributed by atoms with van der Waals surface area (Å²) >= 11 is 0. The maximum Gasteiger partial charge on any atom is 0.219 e. The number of carbonyl (C=O) groups excluding carboxylic acids is 1. The highest BCUT2D eigenvalue weighted by molar-refractivity contribution is 5.73. The highest BCUT2D eigenvalue weighted by Crippen LogP contribution is 2.53. The van der Waals surface area contributed by atoms with Gasteiger partial charge in [0.15, 0.2) is 0 Å². The lowest BCUT2D eigenvalue weighted by atomic mass is 9.92. The average Bonchev–Trinajstić information content (AvgIpc) is 2.80. The molecule has 2 fully saturated rings. The molecule has 3 heteroatoms. The number of likely N-dealkylation sites (tertiary alicyclic amines) is 1. The molecule has 1 saturated heterocycles. The van der Waals surface area contributed by atoms with Crippen LogP contribution in [0.4, 0.5) is 0 Å². The molecule has 1 spiro atoms. The fourth-order valence-electron chi connectivity index (χ4n) is 2.58. The summed E-state index contributed by atoms with van der Waals surface area (Å²) in [5.74, 6) is 0.233. The molecule has 1 N–H and O–H groups in total. The van der Waals surface area contributed by atoms with Gasteiger partial charge in [-0.2, -0.15) is 0 Å². The van der Waals surface area contributed by atoms with Crippen LogP contribution in [0.3, 0.4) is 0 Å². The predicted octanol–water partition coefficient (Wildman–Crippen LogP) is 0.607. The Balaban J connectivity index is 1.87. The SMILES string of the molecule is CNC1CC12CCN(C(C)=O)CC2. The average molecular weight is 182 g/mol. The van der Waals surface area contributed by atoms with Gasteiger partial charge in [-0.1, -0.05) is 0 Å². The Morgan fingerprint density at radius 3 is 2.46 bits per heavy atom. The van der Waals surface area contributed by atoms with Crippen molar-refractivity contribution in [3.05, 3.63) is 0 Å². The largest absolute Gasteiger partial charge is 0.343 e. The lowest BCUT2D eigenvalue weighted by Gasteiger charge is -2.32. The lowest BCUT2D eigenvalue weighted by Crippen LogP contribution is -2.39. The molecule has 0 aromatic carbocycles. The first-order chi connectivity index (χ1) is 6.18. The molecule has 1 aliphatic carbocycles. The number of rotatable bonds is 1. The number of nitrogens with one attached hydrogen (secondary N) is 1. The van der Waals surface area contributed by atoms with E-state index >= 15 is 0 Å². The van der Waals surface area contributed by atoms with Crippen LogP contribution in [0.15, 0.2) is 0 Å². The van der Waals surface area contributed by atoms with E-state index < -0.39 is 0 Å². The number of hydrogen-bond acceptors (Lipinski definition) is 2. The van der Waals surface area contributed by atoms with Gasteiger partial charge in [0, 0.05) is 26.1 Å². The molecule has 74 valence electrons. The van der Waals surface area contributed by atoms with Crippen molar-refractivity contribution in [2.45, 2.75) is 32.2 Å². The summed E-state index contributed by atoms with van der Waals surface area (Å²) in [6.07, 6.45) is 3.70. The third kappa shape index (κ3) is 1.46. The van der Waals surface area contributed by atoms with Gasteiger partial charge in [-0.3, -0.25) is 4.79 Å². The molecule has 13 heavy (non-hydrogen) atoms. The highest BCUT2D eigenvalue weighted by Gasteiger charge is 2.54. The first-order valence-electron chi connectivity index (χ1n) is 5.11. The summed E-state index contributed by atoms with van der Waals surface area (Å²) in [6.45, 7) is 3.60. The minimum Gasteiger partial charge on any atom is -0.343 e. The monoisotopic (exact) mass is 182 g/mol. The van der Waals surface area contributed by atoms with Crippen LogP contribution in [-0.2, 0) is 4.79 Å². The molecule has 2 aliphatic rings. The first kappa shape index (κ1) is 9.00. The molecular weight excluding hydrogens is 164 g/mol. The summed E-state index contributed by atoms with van der Waals surface area (Å²) in [5.41, 5.74) is 0.556. The second-order valence-electron chi connectivity index (χ2n) is 4.41. The van der Waals surface area contributed by atoms with E-state index in [0.29, 0.717) is 5.41 Å². The van der Waals surface area contributed by atoms with E-state index in [9.17, 15) is 4.79 Å². The van der Waals surface area contributed by atoms with Crippen molar-refractivity contribution < 1.29 is 4.79 Å². The second-order valence-corrected chi connectivity index (χ2v) is 4.41. The van der Waals surface area contributed by atoms with E-state index in [1.54, 1.807) is 6.92 Å². The third-order valence-corrected chi connectivity index (χ3v) is 3.74. The van der Waals surface area contributed by atoms with Crippen LogP contribution >= 0.6 is 0 Å². The summed E-state index contributed by atoms with van der Waals surface area (Å²) in [5, 5.41) is 3.34. The van der Waals surface area contributed by atoms with Crippen molar-refractivity contribution >= 4 is 5.91 Å². The first-order valence-corrected chi connectivity index (χ1v) is 5.11. The fourth-order valence-corrected chi connectivity index (χ4v) is 2.58. The van der Waals surface area contributed by atoms with E-state index in [1.165, 1.54) is 19.3 Å². The summed E-state index contributed by atoms with van der Waals surface area (Å²) in [6, 6.07) is 0.724. The van der Waals surface area contributed by atoms with Gasteiger partial charge in [0.05, 0.1) is 0 Å². The Bertz CT molecular complexity index is 219. The zero-order chi connectivity index (χ0) is 9.47. The molecule has 2 rings (SSSR count). The Labute approximate surface area is 79.5 Å². The molecule has 1 saturated carbocycles. The minimum absolute atomic E-state index is 0.233. The number of amides is 1. The van der Waals surface area contributed by atoms with Crippen molar-refractivity contribution in [2.24, 2.45) is 5.41 Å². The van der Waals surface area contributed by atoms with Gasteiger partial charge >= 0.3 is 0 Å².